The normalized spacial score (nSPS) is 19.0. The second kappa shape index (κ2) is 11.9. The molecule has 0 aromatic heterocycles. The molecule has 28 heavy (non-hydrogen) atoms. The molecule has 1 heterocycles. The van der Waals surface area contributed by atoms with Crippen molar-refractivity contribution in [3.05, 3.63) is 35.6 Å². The number of aliphatic imine (C=N–C) groups is 1. The standard InChI is InChI=1S/C21H32FN3O2.HI/c1-23-20(24-11-2-12-27-15-17-3-4-17)25-16-21(9-13-26-14-10-21)18-5-7-19(22)8-6-18;/h5-8,17H,2-4,9-16H2,1H3,(H2,23,24,25);1H. The van der Waals surface area contributed by atoms with Crippen LogP contribution in [-0.4, -0.2) is 52.5 Å². The quantitative estimate of drug-likeness (QED) is 0.234. The van der Waals surface area contributed by atoms with Gasteiger partial charge >= 0.3 is 0 Å². The number of nitrogens with zero attached hydrogens (tertiary/aromatic N) is 1. The van der Waals surface area contributed by atoms with Gasteiger partial charge in [0.15, 0.2) is 5.96 Å². The highest BCUT2D eigenvalue weighted by Gasteiger charge is 2.34. The molecule has 3 rings (SSSR count). The maximum Gasteiger partial charge on any atom is 0.191 e. The first-order valence-corrected chi connectivity index (χ1v) is 10.1. The van der Waals surface area contributed by atoms with Crippen molar-refractivity contribution in [2.45, 2.75) is 37.5 Å². The summed E-state index contributed by atoms with van der Waals surface area (Å²) in [6.07, 6.45) is 5.45. The predicted octanol–water partition coefficient (Wildman–Crippen LogP) is 3.47. The van der Waals surface area contributed by atoms with Crippen LogP contribution in [0.1, 0.15) is 37.7 Å². The monoisotopic (exact) mass is 505 g/mol. The van der Waals surface area contributed by atoms with E-state index in [-0.39, 0.29) is 35.2 Å². The van der Waals surface area contributed by atoms with Crippen molar-refractivity contribution in [3.63, 3.8) is 0 Å². The molecule has 1 aromatic carbocycles. The molecular formula is C21H33FIN3O2. The van der Waals surface area contributed by atoms with Gasteiger partial charge in [0.25, 0.3) is 0 Å². The number of halogens is 2. The van der Waals surface area contributed by atoms with Gasteiger partial charge in [-0.25, -0.2) is 4.39 Å². The first-order chi connectivity index (χ1) is 13.2. The van der Waals surface area contributed by atoms with Gasteiger partial charge in [0.1, 0.15) is 5.82 Å². The van der Waals surface area contributed by atoms with Gasteiger partial charge in [0.2, 0.25) is 0 Å². The Hall–Kier alpha value is -0.930. The number of benzene rings is 1. The Labute approximate surface area is 184 Å². The van der Waals surface area contributed by atoms with Gasteiger partial charge in [-0.2, -0.15) is 0 Å². The third-order valence-corrected chi connectivity index (χ3v) is 5.53. The molecule has 0 amide bonds. The molecule has 1 saturated heterocycles. The molecule has 0 spiro atoms. The summed E-state index contributed by atoms with van der Waals surface area (Å²) in [6, 6.07) is 6.88. The van der Waals surface area contributed by atoms with E-state index >= 15 is 0 Å². The zero-order valence-corrected chi connectivity index (χ0v) is 19.0. The molecule has 0 unspecified atom stereocenters. The topological polar surface area (TPSA) is 54.9 Å². The third-order valence-electron chi connectivity index (χ3n) is 5.53. The number of ether oxygens (including phenoxy) is 2. The molecule has 0 radical (unpaired) electrons. The van der Waals surface area contributed by atoms with Crippen molar-refractivity contribution in [1.29, 1.82) is 0 Å². The van der Waals surface area contributed by atoms with Gasteiger partial charge in [-0.1, -0.05) is 12.1 Å². The summed E-state index contributed by atoms with van der Waals surface area (Å²) in [5.41, 5.74) is 1.10. The lowest BCUT2D eigenvalue weighted by Crippen LogP contribution is -2.48. The second-order valence-corrected chi connectivity index (χ2v) is 7.62. The molecule has 1 aromatic rings. The highest BCUT2D eigenvalue weighted by atomic mass is 127. The fourth-order valence-electron chi connectivity index (χ4n) is 3.52. The van der Waals surface area contributed by atoms with Crippen molar-refractivity contribution >= 4 is 29.9 Å². The Balaban J connectivity index is 0.00000280. The molecule has 7 heteroatoms. The minimum Gasteiger partial charge on any atom is -0.381 e. The van der Waals surface area contributed by atoms with Crippen LogP contribution in [-0.2, 0) is 14.9 Å². The maximum absolute atomic E-state index is 13.3. The largest absolute Gasteiger partial charge is 0.381 e. The molecule has 2 fully saturated rings. The van der Waals surface area contributed by atoms with E-state index in [9.17, 15) is 4.39 Å². The van der Waals surface area contributed by atoms with Crippen LogP contribution in [0.2, 0.25) is 0 Å². The summed E-state index contributed by atoms with van der Waals surface area (Å²) in [6.45, 7) is 4.73. The summed E-state index contributed by atoms with van der Waals surface area (Å²) in [7, 11) is 1.79. The van der Waals surface area contributed by atoms with Crippen LogP contribution < -0.4 is 10.6 Å². The van der Waals surface area contributed by atoms with Crippen molar-refractivity contribution in [2.75, 3.05) is 46.6 Å². The van der Waals surface area contributed by atoms with Crippen LogP contribution >= 0.6 is 24.0 Å². The lowest BCUT2D eigenvalue weighted by Gasteiger charge is -2.38. The zero-order chi connectivity index (χ0) is 19.0. The van der Waals surface area contributed by atoms with Crippen LogP contribution in [0.5, 0.6) is 0 Å². The van der Waals surface area contributed by atoms with E-state index < -0.39 is 0 Å². The van der Waals surface area contributed by atoms with Crippen molar-refractivity contribution in [2.24, 2.45) is 10.9 Å². The van der Waals surface area contributed by atoms with E-state index in [0.717, 1.165) is 76.2 Å². The summed E-state index contributed by atoms with van der Waals surface area (Å²) >= 11 is 0. The van der Waals surface area contributed by atoms with Gasteiger partial charge in [0, 0.05) is 52.0 Å². The van der Waals surface area contributed by atoms with Crippen molar-refractivity contribution < 1.29 is 13.9 Å². The molecule has 2 N–H and O–H groups in total. The molecule has 2 aliphatic rings. The van der Waals surface area contributed by atoms with Gasteiger partial charge in [-0.15, -0.1) is 24.0 Å². The Bertz CT molecular complexity index is 602. The molecule has 158 valence electrons. The Morgan fingerprint density at radius 3 is 2.57 bits per heavy atom. The first-order valence-electron chi connectivity index (χ1n) is 10.1. The van der Waals surface area contributed by atoms with Crippen LogP contribution in [0.3, 0.4) is 0 Å². The predicted molar refractivity (Wildman–Crippen MR) is 121 cm³/mol. The van der Waals surface area contributed by atoms with Crippen LogP contribution in [0.4, 0.5) is 4.39 Å². The van der Waals surface area contributed by atoms with Gasteiger partial charge in [0.05, 0.1) is 0 Å². The SMILES string of the molecule is CN=C(NCCCOCC1CC1)NCC1(c2ccc(F)cc2)CCOCC1.I. The van der Waals surface area contributed by atoms with Crippen LogP contribution in [0, 0.1) is 11.7 Å². The summed E-state index contributed by atoms with van der Waals surface area (Å²) < 4.78 is 24.6. The van der Waals surface area contributed by atoms with Crippen LogP contribution in [0.15, 0.2) is 29.3 Å². The first kappa shape index (κ1) is 23.3. The smallest absolute Gasteiger partial charge is 0.191 e. The average Bonchev–Trinajstić information content (AvgIpc) is 3.52. The average molecular weight is 505 g/mol. The molecule has 1 aliphatic carbocycles. The van der Waals surface area contributed by atoms with E-state index in [4.69, 9.17) is 9.47 Å². The number of hydrogen-bond donors (Lipinski definition) is 2. The minimum absolute atomic E-state index is 0. The van der Waals surface area contributed by atoms with E-state index in [1.54, 1.807) is 19.2 Å². The number of guanidine groups is 1. The Morgan fingerprint density at radius 2 is 1.93 bits per heavy atom. The van der Waals surface area contributed by atoms with Gasteiger partial charge in [-0.3, -0.25) is 4.99 Å². The van der Waals surface area contributed by atoms with Crippen molar-refractivity contribution in [1.82, 2.24) is 10.6 Å². The maximum atomic E-state index is 13.3. The molecular weight excluding hydrogens is 472 g/mol. The molecule has 1 saturated carbocycles. The third kappa shape index (κ3) is 7.15. The van der Waals surface area contributed by atoms with E-state index in [0.29, 0.717) is 0 Å². The number of nitrogens with one attached hydrogen (secondary N) is 2. The van der Waals surface area contributed by atoms with Gasteiger partial charge < -0.3 is 20.1 Å². The Kier molecular flexibility index (Phi) is 9.94. The van der Waals surface area contributed by atoms with E-state index in [1.165, 1.54) is 12.8 Å². The highest BCUT2D eigenvalue weighted by molar-refractivity contribution is 14.0. The minimum atomic E-state index is -0.199. The van der Waals surface area contributed by atoms with Crippen LogP contribution in [0.25, 0.3) is 0 Å². The fraction of sp³-hybridized carbons (Fsp3) is 0.667. The molecule has 0 atom stereocenters. The summed E-state index contributed by atoms with van der Waals surface area (Å²) in [4.78, 5) is 4.33. The highest BCUT2D eigenvalue weighted by Crippen LogP contribution is 2.34. The van der Waals surface area contributed by atoms with Crippen molar-refractivity contribution in [3.8, 4) is 0 Å². The summed E-state index contributed by atoms with van der Waals surface area (Å²) in [5, 5.41) is 6.82. The molecule has 0 bridgehead atoms. The second-order valence-electron chi connectivity index (χ2n) is 7.62. The van der Waals surface area contributed by atoms with E-state index in [1.807, 2.05) is 12.1 Å². The van der Waals surface area contributed by atoms with Gasteiger partial charge in [-0.05, 0) is 55.7 Å². The molecule has 5 nitrogen and oxygen atoms in total. The number of hydrogen-bond acceptors (Lipinski definition) is 3. The Morgan fingerprint density at radius 1 is 1.21 bits per heavy atom. The number of rotatable bonds is 9. The summed E-state index contributed by atoms with van der Waals surface area (Å²) in [5.74, 6) is 1.41. The lowest BCUT2D eigenvalue weighted by atomic mass is 9.74. The fourth-order valence-corrected chi connectivity index (χ4v) is 3.52. The molecule has 1 aliphatic heterocycles. The van der Waals surface area contributed by atoms with E-state index in [2.05, 4.69) is 15.6 Å². The lowest BCUT2D eigenvalue weighted by molar-refractivity contribution is 0.0513. The zero-order valence-electron chi connectivity index (χ0n) is 16.7.